The molecule has 0 N–H and O–H groups in total. The van der Waals surface area contributed by atoms with Crippen LogP contribution in [-0.4, -0.2) is 24.7 Å². The molecule has 0 aliphatic heterocycles. The molecule has 0 aliphatic rings. The molecular formula is C39H41NO4. The Morgan fingerprint density at radius 1 is 0.636 bits per heavy atom. The first-order valence-electron chi connectivity index (χ1n) is 15.7. The van der Waals surface area contributed by atoms with Gasteiger partial charge in [-0.25, -0.2) is 0 Å². The average molecular weight is 588 g/mol. The monoisotopic (exact) mass is 587 g/mol. The van der Waals surface area contributed by atoms with E-state index in [1.54, 1.807) is 7.11 Å². The lowest BCUT2D eigenvalue weighted by atomic mass is 9.98. The van der Waals surface area contributed by atoms with E-state index in [4.69, 9.17) is 18.9 Å². The van der Waals surface area contributed by atoms with Crippen LogP contribution in [0.3, 0.4) is 0 Å². The largest absolute Gasteiger partial charge is 0.489 e. The minimum Gasteiger partial charge on any atom is -0.489 e. The molecule has 0 amide bonds. The second-order valence-corrected chi connectivity index (χ2v) is 11.2. The summed E-state index contributed by atoms with van der Waals surface area (Å²) in [6, 6.07) is 35.7. The molecule has 6 rings (SSSR count). The highest BCUT2D eigenvalue weighted by molar-refractivity contribution is 5.98. The van der Waals surface area contributed by atoms with E-state index in [0.29, 0.717) is 19.8 Å². The van der Waals surface area contributed by atoms with Crippen molar-refractivity contribution in [1.29, 1.82) is 0 Å². The molecule has 0 fully saturated rings. The quantitative estimate of drug-likeness (QED) is 0.106. The number of pyridine rings is 1. The van der Waals surface area contributed by atoms with Gasteiger partial charge in [-0.15, -0.1) is 0 Å². The Morgan fingerprint density at radius 3 is 2.00 bits per heavy atom. The summed E-state index contributed by atoms with van der Waals surface area (Å²) >= 11 is 0. The van der Waals surface area contributed by atoms with Crippen LogP contribution >= 0.6 is 0 Å². The van der Waals surface area contributed by atoms with E-state index in [-0.39, 0.29) is 0 Å². The van der Waals surface area contributed by atoms with Crippen molar-refractivity contribution in [2.24, 2.45) is 0 Å². The molecule has 0 aliphatic carbocycles. The summed E-state index contributed by atoms with van der Waals surface area (Å²) in [5.41, 5.74) is 10.8. The van der Waals surface area contributed by atoms with Crippen LogP contribution in [0.5, 0.6) is 11.5 Å². The van der Waals surface area contributed by atoms with Crippen molar-refractivity contribution < 1.29 is 18.9 Å². The van der Waals surface area contributed by atoms with Gasteiger partial charge >= 0.3 is 0 Å². The molecule has 0 unspecified atom stereocenters. The van der Waals surface area contributed by atoms with E-state index in [0.717, 1.165) is 67.0 Å². The zero-order valence-corrected chi connectivity index (χ0v) is 25.8. The number of aryl methyl sites for hydroxylation is 1. The van der Waals surface area contributed by atoms with Crippen molar-refractivity contribution in [2.75, 3.05) is 20.3 Å². The number of hydrogen-bond donors (Lipinski definition) is 0. The molecule has 0 radical (unpaired) electrons. The fraction of sp³-hybridized carbons (Fsp3) is 0.282. The predicted molar refractivity (Wildman–Crippen MR) is 178 cm³/mol. The van der Waals surface area contributed by atoms with E-state index in [1.807, 2.05) is 36.4 Å². The molecular weight excluding hydrogens is 546 g/mol. The molecule has 0 bridgehead atoms. The maximum atomic E-state index is 6.42. The van der Waals surface area contributed by atoms with Gasteiger partial charge in [0.2, 0.25) is 0 Å². The second-order valence-electron chi connectivity index (χ2n) is 11.2. The average Bonchev–Trinajstić information content (AvgIpc) is 3.62. The van der Waals surface area contributed by atoms with E-state index in [2.05, 4.69) is 78.1 Å². The maximum Gasteiger partial charge on any atom is 0.143 e. The molecule has 6 aromatic rings. The van der Waals surface area contributed by atoms with E-state index >= 15 is 0 Å². The molecule has 5 nitrogen and oxygen atoms in total. The lowest BCUT2D eigenvalue weighted by Gasteiger charge is -2.10. The van der Waals surface area contributed by atoms with Crippen LogP contribution < -0.4 is 9.47 Å². The van der Waals surface area contributed by atoms with E-state index < -0.39 is 0 Å². The number of aromatic nitrogens is 1. The molecule has 44 heavy (non-hydrogen) atoms. The van der Waals surface area contributed by atoms with Crippen LogP contribution in [0.25, 0.3) is 27.7 Å². The summed E-state index contributed by atoms with van der Waals surface area (Å²) in [7, 11) is 1.75. The number of nitrogens with zero attached hydrogens (tertiary/aromatic N) is 1. The summed E-state index contributed by atoms with van der Waals surface area (Å²) in [6.07, 6.45) is 4.10. The molecule has 0 atom stereocenters. The number of hydrogen-bond acceptors (Lipinski definition) is 4. The Morgan fingerprint density at radius 2 is 1.32 bits per heavy atom. The Labute approximate surface area is 260 Å². The van der Waals surface area contributed by atoms with Gasteiger partial charge < -0.3 is 23.3 Å². The highest BCUT2D eigenvalue weighted by Crippen LogP contribution is 2.42. The van der Waals surface area contributed by atoms with Crippen molar-refractivity contribution in [1.82, 2.24) is 4.40 Å². The van der Waals surface area contributed by atoms with Gasteiger partial charge in [0.25, 0.3) is 0 Å². The van der Waals surface area contributed by atoms with Crippen molar-refractivity contribution in [3.63, 3.8) is 0 Å². The molecule has 3 heterocycles. The predicted octanol–water partition coefficient (Wildman–Crippen LogP) is 9.25. The highest BCUT2D eigenvalue weighted by Gasteiger charge is 2.23. The van der Waals surface area contributed by atoms with Gasteiger partial charge in [-0.1, -0.05) is 79.7 Å². The van der Waals surface area contributed by atoms with Crippen molar-refractivity contribution in [2.45, 2.75) is 52.4 Å². The minimum absolute atomic E-state index is 0.523. The molecule has 0 spiro atoms. The van der Waals surface area contributed by atoms with Gasteiger partial charge in [-0.05, 0) is 78.3 Å². The fourth-order valence-corrected chi connectivity index (χ4v) is 5.99. The first-order chi connectivity index (χ1) is 21.8. The van der Waals surface area contributed by atoms with Crippen LogP contribution in [-0.2, 0) is 35.7 Å². The minimum atomic E-state index is 0.523. The molecule has 226 valence electrons. The number of ether oxygens (including phenoxy) is 4. The van der Waals surface area contributed by atoms with Gasteiger partial charge in [0.15, 0.2) is 0 Å². The van der Waals surface area contributed by atoms with Crippen molar-refractivity contribution in [3.05, 3.63) is 125 Å². The number of rotatable bonds is 16. The zero-order valence-electron chi connectivity index (χ0n) is 25.8. The highest BCUT2D eigenvalue weighted by atomic mass is 16.5. The van der Waals surface area contributed by atoms with Crippen molar-refractivity contribution >= 4 is 16.6 Å². The number of benzene rings is 3. The molecule has 0 saturated carbocycles. The van der Waals surface area contributed by atoms with Gasteiger partial charge in [-0.2, -0.15) is 0 Å². The summed E-state index contributed by atoms with van der Waals surface area (Å²) in [6.45, 7) is 5.39. The Hall–Kier alpha value is -4.32. The van der Waals surface area contributed by atoms with Gasteiger partial charge in [0, 0.05) is 31.5 Å². The summed E-state index contributed by atoms with van der Waals surface area (Å²) in [5.74, 6) is 1.74. The first-order valence-corrected chi connectivity index (χ1v) is 15.7. The third-order valence-corrected chi connectivity index (χ3v) is 8.19. The van der Waals surface area contributed by atoms with E-state index in [1.165, 1.54) is 33.3 Å². The van der Waals surface area contributed by atoms with Crippen LogP contribution in [0.15, 0.2) is 103 Å². The summed E-state index contributed by atoms with van der Waals surface area (Å²) in [4.78, 5) is 0. The number of methoxy groups -OCH3 is 1. The lowest BCUT2D eigenvalue weighted by molar-refractivity contribution is 0.114. The second kappa shape index (κ2) is 14.4. The van der Waals surface area contributed by atoms with Crippen molar-refractivity contribution in [3.8, 4) is 22.6 Å². The molecule has 0 saturated heterocycles. The Balaban J connectivity index is 1.32. The SMILES string of the molecule is CCc1c(-c2ccc(OCc3ccccc3)cc2)c2c(COCCCCCOC)cc3c(OCc4ccccc4)ccc1n32. The number of unbranched alkanes of at least 4 members (excludes halogenated alkanes) is 2. The Bertz CT molecular complexity index is 1740. The zero-order chi connectivity index (χ0) is 30.1. The smallest absolute Gasteiger partial charge is 0.143 e. The Kier molecular flexibility index (Phi) is 9.76. The normalized spacial score (nSPS) is 11.5. The maximum absolute atomic E-state index is 6.42. The standard InChI is InChI=1S/C39H41NO4/c1-3-34-35-21-22-37(44-27-30-15-9-5-10-16-30)36-25-32(28-42-24-12-6-11-23-41-2)39(40(35)36)38(34)31-17-19-33(20-18-31)43-26-29-13-7-4-8-14-29/h4-5,7-10,13-22,25H,3,6,11-12,23-24,26-28H2,1-2H3. The van der Waals surface area contributed by atoms with Crippen LogP contribution in [0.4, 0.5) is 0 Å². The topological polar surface area (TPSA) is 41.3 Å². The molecule has 5 heteroatoms. The van der Waals surface area contributed by atoms with Crippen LogP contribution in [0.2, 0.25) is 0 Å². The van der Waals surface area contributed by atoms with Gasteiger partial charge in [-0.3, -0.25) is 0 Å². The third-order valence-electron chi connectivity index (χ3n) is 8.19. The first kappa shape index (κ1) is 29.7. The summed E-state index contributed by atoms with van der Waals surface area (Å²) in [5, 5.41) is 0. The summed E-state index contributed by atoms with van der Waals surface area (Å²) < 4.78 is 26.4. The van der Waals surface area contributed by atoms with Gasteiger partial charge in [0.05, 0.1) is 23.2 Å². The van der Waals surface area contributed by atoms with Crippen LogP contribution in [0, 0.1) is 0 Å². The van der Waals surface area contributed by atoms with E-state index in [9.17, 15) is 0 Å². The molecule has 3 aromatic heterocycles. The molecule has 3 aromatic carbocycles. The lowest BCUT2D eigenvalue weighted by Crippen LogP contribution is -1.97. The van der Waals surface area contributed by atoms with Gasteiger partial charge in [0.1, 0.15) is 24.7 Å². The fourth-order valence-electron chi connectivity index (χ4n) is 5.99. The van der Waals surface area contributed by atoms with Crippen LogP contribution in [0.1, 0.15) is 48.4 Å². The third kappa shape index (κ3) is 6.59.